The first-order chi connectivity index (χ1) is 8.84. The molecule has 1 rings (SSSR count). The van der Waals surface area contributed by atoms with Crippen molar-refractivity contribution in [1.29, 1.82) is 0 Å². The Morgan fingerprint density at radius 2 is 1.90 bits per heavy atom. The van der Waals surface area contributed by atoms with Crippen LogP contribution in [0.25, 0.3) is 0 Å². The van der Waals surface area contributed by atoms with Gasteiger partial charge in [-0.3, -0.25) is 0 Å². The van der Waals surface area contributed by atoms with E-state index >= 15 is 0 Å². The summed E-state index contributed by atoms with van der Waals surface area (Å²) in [5.41, 5.74) is 0.353. The van der Waals surface area contributed by atoms with E-state index in [1.165, 1.54) is 0 Å². The van der Waals surface area contributed by atoms with Gasteiger partial charge in [-0.05, 0) is 23.7 Å². The number of rotatable bonds is 3. The Kier molecular flexibility index (Phi) is 4.74. The monoisotopic (exact) mass is 298 g/mol. The Bertz CT molecular complexity index is 393. The lowest BCUT2D eigenvalue weighted by Gasteiger charge is -2.48. The molecular weight excluding hydrogens is 268 g/mol. The van der Waals surface area contributed by atoms with Gasteiger partial charge in [0.25, 0.3) is 0 Å². The van der Waals surface area contributed by atoms with Crippen molar-refractivity contribution in [3.05, 3.63) is 12.2 Å². The van der Waals surface area contributed by atoms with Crippen LogP contribution in [0.1, 0.15) is 41.0 Å². The Balaban J connectivity index is 2.99. The van der Waals surface area contributed by atoms with Crippen LogP contribution in [-0.2, 0) is 9.22 Å². The first kappa shape index (κ1) is 17.6. The van der Waals surface area contributed by atoms with Crippen molar-refractivity contribution in [3.63, 3.8) is 0 Å². The van der Waals surface area contributed by atoms with Crippen molar-refractivity contribution in [3.8, 4) is 0 Å². The fraction of sp³-hybridized carbons (Fsp3) is 0.812. The maximum absolute atomic E-state index is 11.4. The fourth-order valence-electron chi connectivity index (χ4n) is 2.46. The lowest BCUT2D eigenvalue weighted by Crippen LogP contribution is -2.52. The summed E-state index contributed by atoms with van der Waals surface area (Å²) in [4.78, 5) is 11.4. The van der Waals surface area contributed by atoms with Crippen molar-refractivity contribution in [2.24, 2.45) is 11.3 Å². The molecule has 0 aromatic rings. The number of hydrogen-bond donors (Lipinski definition) is 1. The lowest BCUT2D eigenvalue weighted by atomic mass is 9.64. The summed E-state index contributed by atoms with van der Waals surface area (Å²) in [5, 5.41) is 10.5. The average Bonchev–Trinajstić information content (AvgIpc) is 2.24. The minimum atomic E-state index is -1.94. The average molecular weight is 298 g/mol. The second-order valence-electron chi connectivity index (χ2n) is 8.13. The number of aldehydes is 1. The molecule has 1 aliphatic carbocycles. The van der Waals surface area contributed by atoms with Crippen LogP contribution in [0.3, 0.4) is 0 Å². The number of carbonyl (C=O) groups is 1. The summed E-state index contributed by atoms with van der Waals surface area (Å²) in [6.07, 6.45) is 0.683. The summed E-state index contributed by atoms with van der Waals surface area (Å²) in [7, 11) is -1.94. The van der Waals surface area contributed by atoms with Gasteiger partial charge in [0.2, 0.25) is 0 Å². The summed E-state index contributed by atoms with van der Waals surface area (Å²) < 4.78 is 6.37. The van der Waals surface area contributed by atoms with Gasteiger partial charge in [-0.2, -0.15) is 0 Å². The summed E-state index contributed by atoms with van der Waals surface area (Å²) in [6.45, 7) is 18.9. The number of carbonyl (C=O) groups excluding carboxylic acids is 1. The molecule has 0 saturated heterocycles. The van der Waals surface area contributed by atoms with Gasteiger partial charge in [0, 0.05) is 17.8 Å². The van der Waals surface area contributed by atoms with E-state index in [1.54, 1.807) is 0 Å². The van der Waals surface area contributed by atoms with E-state index in [-0.39, 0.29) is 17.1 Å². The van der Waals surface area contributed by atoms with Crippen LogP contribution in [0.5, 0.6) is 0 Å². The quantitative estimate of drug-likeness (QED) is 0.492. The van der Waals surface area contributed by atoms with E-state index < -0.39 is 19.8 Å². The largest absolute Gasteiger partial charge is 0.410 e. The van der Waals surface area contributed by atoms with E-state index in [0.29, 0.717) is 6.42 Å². The maximum atomic E-state index is 11.4. The van der Waals surface area contributed by atoms with Crippen LogP contribution in [-0.4, -0.2) is 31.9 Å². The molecule has 0 aliphatic heterocycles. The molecule has 1 saturated carbocycles. The Hall–Kier alpha value is -0.453. The lowest BCUT2D eigenvalue weighted by molar-refractivity contribution is -0.120. The molecule has 1 fully saturated rings. The summed E-state index contributed by atoms with van der Waals surface area (Å²) in [6, 6.07) is 0. The van der Waals surface area contributed by atoms with E-state index in [1.807, 2.05) is 13.8 Å². The Labute approximate surface area is 124 Å². The molecule has 0 heterocycles. The van der Waals surface area contributed by atoms with Crippen molar-refractivity contribution in [1.82, 2.24) is 0 Å². The SMILES string of the molecule is C=C1[C@@H](C=O)C(C)(C)[C@@H](O)C[C@H]1O[Si](C)(C)C(C)(C)C. The van der Waals surface area contributed by atoms with E-state index in [0.717, 1.165) is 11.9 Å². The predicted molar refractivity (Wildman–Crippen MR) is 85.2 cm³/mol. The Morgan fingerprint density at radius 3 is 2.30 bits per heavy atom. The zero-order valence-corrected chi connectivity index (χ0v) is 15.0. The molecule has 116 valence electrons. The second-order valence-corrected chi connectivity index (χ2v) is 12.9. The highest BCUT2D eigenvalue weighted by atomic mass is 28.4. The zero-order chi connectivity index (χ0) is 15.9. The third-order valence-corrected chi connectivity index (χ3v) is 9.78. The fourth-order valence-corrected chi connectivity index (χ4v) is 3.77. The van der Waals surface area contributed by atoms with Gasteiger partial charge in [-0.25, -0.2) is 0 Å². The van der Waals surface area contributed by atoms with Crippen molar-refractivity contribution in [2.45, 2.75) is 71.4 Å². The minimum Gasteiger partial charge on any atom is -0.410 e. The molecule has 0 radical (unpaired) electrons. The van der Waals surface area contributed by atoms with Crippen molar-refractivity contribution < 1.29 is 14.3 Å². The molecule has 1 aliphatic rings. The van der Waals surface area contributed by atoms with Crippen molar-refractivity contribution >= 4 is 14.6 Å². The van der Waals surface area contributed by atoms with E-state index in [2.05, 4.69) is 40.4 Å². The molecular formula is C16H30O3Si. The van der Waals surface area contributed by atoms with Crippen LogP contribution in [0.4, 0.5) is 0 Å². The molecule has 1 N–H and O–H groups in total. The molecule has 0 aromatic heterocycles. The Morgan fingerprint density at radius 1 is 1.40 bits per heavy atom. The molecule has 0 bridgehead atoms. The molecule has 0 aromatic carbocycles. The van der Waals surface area contributed by atoms with Crippen LogP contribution in [0, 0.1) is 11.3 Å². The third kappa shape index (κ3) is 3.07. The normalized spacial score (nSPS) is 31.2. The molecule has 0 unspecified atom stereocenters. The first-order valence-corrected chi connectivity index (χ1v) is 10.3. The molecule has 4 heteroatoms. The van der Waals surface area contributed by atoms with Gasteiger partial charge in [-0.15, -0.1) is 0 Å². The highest BCUT2D eigenvalue weighted by Gasteiger charge is 2.48. The standard InChI is InChI=1S/C16H30O3Si/c1-11-12(10-17)16(5,6)14(18)9-13(11)19-20(7,8)15(2,3)4/h10,12-14,18H,1,9H2,2-8H3/t12-,13-,14+/m1/s1. The van der Waals surface area contributed by atoms with Gasteiger partial charge in [0.15, 0.2) is 8.32 Å². The molecule has 3 atom stereocenters. The third-order valence-electron chi connectivity index (χ3n) is 5.29. The van der Waals surface area contributed by atoms with Gasteiger partial charge >= 0.3 is 0 Å². The van der Waals surface area contributed by atoms with E-state index in [4.69, 9.17) is 4.43 Å². The zero-order valence-electron chi connectivity index (χ0n) is 14.0. The smallest absolute Gasteiger partial charge is 0.192 e. The van der Waals surface area contributed by atoms with Gasteiger partial charge in [0.05, 0.1) is 12.2 Å². The number of aliphatic hydroxyl groups is 1. The van der Waals surface area contributed by atoms with Crippen LogP contribution < -0.4 is 0 Å². The van der Waals surface area contributed by atoms with Gasteiger partial charge in [0.1, 0.15) is 6.29 Å². The van der Waals surface area contributed by atoms with Gasteiger partial charge in [-0.1, -0.05) is 41.2 Å². The second kappa shape index (κ2) is 5.39. The minimum absolute atomic E-state index is 0.0991. The highest BCUT2D eigenvalue weighted by Crippen LogP contribution is 2.46. The topological polar surface area (TPSA) is 46.5 Å². The first-order valence-electron chi connectivity index (χ1n) is 7.34. The maximum Gasteiger partial charge on any atom is 0.192 e. The molecule has 20 heavy (non-hydrogen) atoms. The molecule has 0 amide bonds. The number of hydrogen-bond acceptors (Lipinski definition) is 3. The summed E-state index contributed by atoms with van der Waals surface area (Å²) >= 11 is 0. The predicted octanol–water partition coefficient (Wildman–Crippen LogP) is 3.54. The summed E-state index contributed by atoms with van der Waals surface area (Å²) in [5.74, 6) is -0.346. The van der Waals surface area contributed by atoms with Crippen LogP contribution >= 0.6 is 0 Å². The van der Waals surface area contributed by atoms with Gasteiger partial charge < -0.3 is 14.3 Å². The number of aliphatic hydroxyl groups excluding tert-OH is 1. The van der Waals surface area contributed by atoms with E-state index in [9.17, 15) is 9.90 Å². The van der Waals surface area contributed by atoms with Crippen LogP contribution in [0.15, 0.2) is 12.2 Å². The highest BCUT2D eigenvalue weighted by molar-refractivity contribution is 6.74. The molecule has 3 nitrogen and oxygen atoms in total. The van der Waals surface area contributed by atoms with Crippen LogP contribution in [0.2, 0.25) is 18.1 Å². The van der Waals surface area contributed by atoms with Crippen molar-refractivity contribution in [2.75, 3.05) is 0 Å². The molecule has 0 spiro atoms.